The molecule has 7 heteroatoms. The van der Waals surface area contributed by atoms with Gasteiger partial charge in [0.2, 0.25) is 0 Å². The molecule has 4 rings (SSSR count). The van der Waals surface area contributed by atoms with Gasteiger partial charge in [-0.1, -0.05) is 38.8 Å². The molecule has 33 heavy (non-hydrogen) atoms. The number of carbonyl (C=O) groups excluding carboxylic acids is 1. The quantitative estimate of drug-likeness (QED) is 0.343. The first kappa shape index (κ1) is 23.9. The lowest BCUT2D eigenvalue weighted by Gasteiger charge is -2.16. The largest absolute Gasteiger partial charge is 0.455 e. The number of amides is 1. The fraction of sp³-hybridized carbons (Fsp3) is 0.154. The molecule has 0 atom stereocenters. The monoisotopic (exact) mass is 461 g/mol. The molecule has 0 spiro atoms. The van der Waals surface area contributed by atoms with Crippen molar-refractivity contribution in [2.75, 3.05) is 18.4 Å². The SMILES string of the molecule is CC.CNC(=O)c1c(-c2ccc(F)cc2)oc2cc(N(C)S)c(-c3ccc(C#N)cc3)cc12. The second-order valence-electron chi connectivity index (χ2n) is 6.97. The van der Waals surface area contributed by atoms with E-state index in [9.17, 15) is 9.18 Å². The van der Waals surface area contributed by atoms with Gasteiger partial charge in [0.1, 0.15) is 17.2 Å². The number of anilines is 1. The van der Waals surface area contributed by atoms with E-state index in [2.05, 4.69) is 24.2 Å². The maximum absolute atomic E-state index is 13.4. The van der Waals surface area contributed by atoms with E-state index in [4.69, 9.17) is 9.68 Å². The van der Waals surface area contributed by atoms with E-state index >= 15 is 0 Å². The van der Waals surface area contributed by atoms with Crippen molar-refractivity contribution in [2.24, 2.45) is 0 Å². The number of halogens is 1. The zero-order chi connectivity index (χ0) is 24.1. The van der Waals surface area contributed by atoms with Gasteiger partial charge in [-0.15, -0.1) is 0 Å². The summed E-state index contributed by atoms with van der Waals surface area (Å²) in [5, 5.41) is 12.4. The van der Waals surface area contributed by atoms with Crippen molar-refractivity contribution < 1.29 is 13.6 Å². The van der Waals surface area contributed by atoms with Gasteiger partial charge in [-0.25, -0.2) is 4.39 Å². The van der Waals surface area contributed by atoms with Crippen LogP contribution in [0.2, 0.25) is 0 Å². The van der Waals surface area contributed by atoms with Gasteiger partial charge in [-0.05, 0) is 48.0 Å². The lowest BCUT2D eigenvalue weighted by atomic mass is 9.98. The Hall–Kier alpha value is -3.76. The summed E-state index contributed by atoms with van der Waals surface area (Å²) in [4.78, 5) is 12.8. The topological polar surface area (TPSA) is 69.3 Å². The van der Waals surface area contributed by atoms with Crippen LogP contribution < -0.4 is 9.62 Å². The molecule has 0 bridgehead atoms. The highest BCUT2D eigenvalue weighted by molar-refractivity contribution is 7.81. The summed E-state index contributed by atoms with van der Waals surface area (Å²) < 4.78 is 21.2. The molecule has 3 aromatic carbocycles. The minimum absolute atomic E-state index is 0.309. The Morgan fingerprint density at radius 1 is 1.06 bits per heavy atom. The predicted molar refractivity (Wildman–Crippen MR) is 134 cm³/mol. The first-order valence-electron chi connectivity index (χ1n) is 10.4. The lowest BCUT2D eigenvalue weighted by Crippen LogP contribution is -2.18. The Bertz CT molecular complexity index is 1320. The van der Waals surface area contributed by atoms with Crippen LogP contribution in [0.3, 0.4) is 0 Å². The van der Waals surface area contributed by atoms with Crippen LogP contribution in [0.1, 0.15) is 29.8 Å². The van der Waals surface area contributed by atoms with Crippen LogP contribution in [-0.2, 0) is 0 Å². The van der Waals surface area contributed by atoms with Crippen molar-refractivity contribution in [2.45, 2.75) is 13.8 Å². The van der Waals surface area contributed by atoms with Gasteiger partial charge in [0.15, 0.2) is 0 Å². The fourth-order valence-corrected chi connectivity index (χ4v) is 3.68. The first-order chi connectivity index (χ1) is 15.9. The third-order valence-electron chi connectivity index (χ3n) is 5.04. The zero-order valence-electron chi connectivity index (χ0n) is 18.8. The van der Waals surface area contributed by atoms with Crippen molar-refractivity contribution >= 4 is 35.4 Å². The first-order valence-corrected chi connectivity index (χ1v) is 10.8. The van der Waals surface area contributed by atoms with E-state index < -0.39 is 0 Å². The van der Waals surface area contributed by atoms with E-state index in [0.717, 1.165) is 16.8 Å². The van der Waals surface area contributed by atoms with Gasteiger partial charge in [0, 0.05) is 36.7 Å². The average Bonchev–Trinajstić information content (AvgIpc) is 3.23. The summed E-state index contributed by atoms with van der Waals surface area (Å²) in [6, 6.07) is 18.8. The summed E-state index contributed by atoms with van der Waals surface area (Å²) in [6.07, 6.45) is 0. The molecule has 0 radical (unpaired) electrons. The van der Waals surface area contributed by atoms with Crippen molar-refractivity contribution in [1.29, 1.82) is 5.26 Å². The Kier molecular flexibility index (Phi) is 7.41. The number of fused-ring (bicyclic) bond motifs is 1. The highest BCUT2D eigenvalue weighted by Gasteiger charge is 2.24. The summed E-state index contributed by atoms with van der Waals surface area (Å²) in [5.41, 5.74) is 4.48. The Balaban J connectivity index is 0.00000149. The molecule has 168 valence electrons. The Morgan fingerprint density at radius 3 is 2.21 bits per heavy atom. The van der Waals surface area contributed by atoms with Gasteiger partial charge in [0.25, 0.3) is 5.91 Å². The second kappa shape index (κ2) is 10.2. The third-order valence-corrected chi connectivity index (χ3v) is 5.26. The van der Waals surface area contributed by atoms with Crippen molar-refractivity contribution in [3.8, 4) is 28.5 Å². The fourth-order valence-electron chi connectivity index (χ4n) is 3.51. The minimum Gasteiger partial charge on any atom is -0.455 e. The maximum atomic E-state index is 13.4. The summed E-state index contributed by atoms with van der Waals surface area (Å²) in [5.74, 6) is -0.321. The molecule has 0 unspecified atom stereocenters. The molecule has 1 heterocycles. The molecular weight excluding hydrogens is 437 g/mol. The van der Waals surface area contributed by atoms with E-state index in [1.54, 1.807) is 42.7 Å². The predicted octanol–water partition coefficient (Wildman–Crippen LogP) is 6.44. The number of furan rings is 1. The molecule has 1 amide bonds. The molecule has 4 aromatic rings. The van der Waals surface area contributed by atoms with Crippen molar-refractivity contribution in [1.82, 2.24) is 5.32 Å². The van der Waals surface area contributed by atoms with Crippen LogP contribution in [-0.4, -0.2) is 20.0 Å². The van der Waals surface area contributed by atoms with E-state index in [0.29, 0.717) is 33.4 Å². The number of nitrogens with one attached hydrogen (secondary N) is 1. The summed E-state index contributed by atoms with van der Waals surface area (Å²) in [6.45, 7) is 4.00. The molecule has 5 nitrogen and oxygen atoms in total. The van der Waals surface area contributed by atoms with Crippen LogP contribution in [0.5, 0.6) is 0 Å². The van der Waals surface area contributed by atoms with E-state index in [1.165, 1.54) is 12.1 Å². The number of benzene rings is 3. The standard InChI is InChI=1S/C24H18FN3O2S.C2H6/c1-27-24(29)22-19-11-18(15-5-3-14(13-26)4-6-15)20(28(2)31)12-21(19)30-23(22)16-7-9-17(25)10-8-16;1-2/h3-12,31H,1-2H3,(H,27,29);1-2H3. The van der Waals surface area contributed by atoms with Gasteiger partial charge < -0.3 is 14.0 Å². The maximum Gasteiger partial charge on any atom is 0.255 e. The summed E-state index contributed by atoms with van der Waals surface area (Å²) in [7, 11) is 3.34. The number of thiol groups is 1. The van der Waals surface area contributed by atoms with Gasteiger partial charge in [-0.3, -0.25) is 4.79 Å². The molecule has 1 aromatic heterocycles. The minimum atomic E-state index is -0.372. The molecule has 0 saturated carbocycles. The van der Waals surface area contributed by atoms with Crippen LogP contribution in [0.25, 0.3) is 33.4 Å². The molecule has 1 N–H and O–H groups in total. The Labute approximate surface area is 198 Å². The zero-order valence-corrected chi connectivity index (χ0v) is 19.7. The van der Waals surface area contributed by atoms with Crippen molar-refractivity contribution in [3.05, 3.63) is 77.6 Å². The third kappa shape index (κ3) is 4.71. The van der Waals surface area contributed by atoms with Crippen LogP contribution in [0.15, 0.2) is 65.1 Å². The number of hydrogen-bond donors (Lipinski definition) is 2. The van der Waals surface area contributed by atoms with Crippen molar-refractivity contribution in [3.63, 3.8) is 0 Å². The van der Waals surface area contributed by atoms with Gasteiger partial charge in [-0.2, -0.15) is 5.26 Å². The number of carbonyl (C=O) groups is 1. The van der Waals surface area contributed by atoms with Crippen LogP contribution in [0.4, 0.5) is 10.1 Å². The molecule has 0 aliphatic carbocycles. The van der Waals surface area contributed by atoms with Crippen LogP contribution in [0, 0.1) is 17.1 Å². The number of rotatable bonds is 4. The van der Waals surface area contributed by atoms with Gasteiger partial charge >= 0.3 is 0 Å². The van der Waals surface area contributed by atoms with E-state index in [1.807, 2.05) is 38.1 Å². The van der Waals surface area contributed by atoms with Gasteiger partial charge in [0.05, 0.1) is 22.9 Å². The second-order valence-corrected chi connectivity index (χ2v) is 7.57. The number of nitrogens with zero attached hydrogens (tertiary/aromatic N) is 2. The highest BCUT2D eigenvalue weighted by Crippen LogP contribution is 2.41. The Morgan fingerprint density at radius 2 is 1.67 bits per heavy atom. The van der Waals surface area contributed by atoms with E-state index in [-0.39, 0.29) is 11.7 Å². The smallest absolute Gasteiger partial charge is 0.255 e. The lowest BCUT2D eigenvalue weighted by molar-refractivity contribution is 0.0964. The molecule has 0 fully saturated rings. The molecule has 0 aliphatic rings. The van der Waals surface area contributed by atoms with Crippen LogP contribution >= 0.6 is 12.8 Å². The summed E-state index contributed by atoms with van der Waals surface area (Å²) >= 11 is 4.46. The highest BCUT2D eigenvalue weighted by atomic mass is 32.1. The molecule has 0 aliphatic heterocycles. The average molecular weight is 462 g/mol. The number of nitriles is 1. The molecular formula is C26H24FN3O2S. The molecule has 0 saturated heterocycles. The normalized spacial score (nSPS) is 10.2. The number of hydrogen-bond acceptors (Lipinski definition) is 5.